The molecule has 1 aliphatic heterocycles. The third-order valence-electron chi connectivity index (χ3n) is 4.42. The van der Waals surface area contributed by atoms with Crippen molar-refractivity contribution in [1.29, 1.82) is 0 Å². The molecular formula is C19H17ClN4O. The number of nitrogens with zero attached hydrogens (tertiary/aromatic N) is 3. The first kappa shape index (κ1) is 15.7. The summed E-state index contributed by atoms with van der Waals surface area (Å²) in [7, 11) is 0. The van der Waals surface area contributed by atoms with Crippen LogP contribution >= 0.6 is 11.6 Å². The van der Waals surface area contributed by atoms with E-state index in [2.05, 4.69) is 27.1 Å². The molecule has 1 aromatic carbocycles. The van der Waals surface area contributed by atoms with E-state index in [9.17, 15) is 4.79 Å². The first-order chi connectivity index (χ1) is 12.2. The number of halogens is 1. The van der Waals surface area contributed by atoms with Crippen LogP contribution < -0.4 is 5.32 Å². The maximum Gasteiger partial charge on any atom is 0.322 e. The van der Waals surface area contributed by atoms with Crippen molar-refractivity contribution in [2.45, 2.75) is 12.6 Å². The van der Waals surface area contributed by atoms with Crippen LogP contribution in [0, 0.1) is 0 Å². The topological polar surface area (TPSA) is 50.2 Å². The average molecular weight is 353 g/mol. The van der Waals surface area contributed by atoms with Crippen molar-refractivity contribution in [3.8, 4) is 0 Å². The number of urea groups is 1. The molecule has 25 heavy (non-hydrogen) atoms. The van der Waals surface area contributed by atoms with Crippen molar-refractivity contribution in [2.24, 2.45) is 0 Å². The molecule has 4 rings (SSSR count). The Morgan fingerprint density at radius 3 is 2.60 bits per heavy atom. The van der Waals surface area contributed by atoms with Crippen molar-refractivity contribution in [3.63, 3.8) is 0 Å². The molecule has 0 bridgehead atoms. The Balaban J connectivity index is 1.65. The molecule has 6 heteroatoms. The summed E-state index contributed by atoms with van der Waals surface area (Å²) >= 11 is 5.91. The molecule has 0 aliphatic carbocycles. The highest BCUT2D eigenvalue weighted by Crippen LogP contribution is 2.32. The van der Waals surface area contributed by atoms with E-state index in [0.29, 0.717) is 11.6 Å². The zero-order valence-corrected chi connectivity index (χ0v) is 14.2. The molecule has 0 radical (unpaired) electrons. The van der Waals surface area contributed by atoms with Crippen LogP contribution in [0.3, 0.4) is 0 Å². The zero-order chi connectivity index (χ0) is 17.2. The highest BCUT2D eigenvalue weighted by atomic mass is 35.5. The van der Waals surface area contributed by atoms with Crippen LogP contribution in [-0.4, -0.2) is 27.0 Å². The highest BCUT2D eigenvalue weighted by molar-refractivity contribution is 6.30. The van der Waals surface area contributed by atoms with Gasteiger partial charge in [0.15, 0.2) is 0 Å². The van der Waals surface area contributed by atoms with Gasteiger partial charge in [-0.25, -0.2) is 4.79 Å². The number of pyridine rings is 1. The number of aromatic nitrogens is 2. The summed E-state index contributed by atoms with van der Waals surface area (Å²) < 4.78 is 2.19. The monoisotopic (exact) mass is 352 g/mol. The first-order valence-electron chi connectivity index (χ1n) is 8.10. The lowest BCUT2D eigenvalue weighted by atomic mass is 10.0. The fraction of sp³-hybridized carbons (Fsp3) is 0.158. The van der Waals surface area contributed by atoms with Crippen LogP contribution in [0.1, 0.15) is 17.3 Å². The van der Waals surface area contributed by atoms with Crippen LogP contribution in [0.5, 0.6) is 0 Å². The van der Waals surface area contributed by atoms with E-state index >= 15 is 0 Å². The molecule has 3 aromatic rings. The van der Waals surface area contributed by atoms with E-state index in [1.54, 1.807) is 36.7 Å². The quantitative estimate of drug-likeness (QED) is 0.752. The molecule has 3 heterocycles. The molecule has 0 saturated carbocycles. The minimum absolute atomic E-state index is 0.128. The second-order valence-corrected chi connectivity index (χ2v) is 6.38. The van der Waals surface area contributed by atoms with E-state index in [4.69, 9.17) is 11.6 Å². The number of anilines is 1. The number of benzene rings is 1. The SMILES string of the molecule is O=C(Nc1ccc(Cl)cc1)N1CCn2cccc2[C@@H]1c1ccncc1. The summed E-state index contributed by atoms with van der Waals surface area (Å²) in [5.41, 5.74) is 2.87. The highest BCUT2D eigenvalue weighted by Gasteiger charge is 2.32. The Morgan fingerprint density at radius 1 is 1.08 bits per heavy atom. The predicted octanol–water partition coefficient (Wildman–Crippen LogP) is 4.17. The third kappa shape index (κ3) is 3.10. The average Bonchev–Trinajstić information content (AvgIpc) is 3.12. The summed E-state index contributed by atoms with van der Waals surface area (Å²) in [6.07, 6.45) is 5.57. The lowest BCUT2D eigenvalue weighted by Crippen LogP contribution is -2.44. The summed E-state index contributed by atoms with van der Waals surface area (Å²) in [6.45, 7) is 1.41. The fourth-order valence-corrected chi connectivity index (χ4v) is 3.35. The van der Waals surface area contributed by atoms with Gasteiger partial charge in [-0.3, -0.25) is 4.98 Å². The normalized spacial score (nSPS) is 16.4. The summed E-state index contributed by atoms with van der Waals surface area (Å²) in [5, 5.41) is 3.61. The largest absolute Gasteiger partial charge is 0.348 e. The molecular weight excluding hydrogens is 336 g/mol. The van der Waals surface area contributed by atoms with Gasteiger partial charge in [-0.1, -0.05) is 11.6 Å². The number of fused-ring (bicyclic) bond motifs is 1. The maximum atomic E-state index is 12.9. The van der Waals surface area contributed by atoms with E-state index in [1.807, 2.05) is 23.1 Å². The minimum Gasteiger partial charge on any atom is -0.348 e. The minimum atomic E-state index is -0.140. The standard InChI is InChI=1S/C19H17ClN4O/c20-15-3-5-16(6-4-15)22-19(25)24-13-12-23-11-1-2-17(23)18(24)14-7-9-21-10-8-14/h1-11,18H,12-13H2,(H,22,25)/t18-/m0/s1. The number of hydrogen-bond acceptors (Lipinski definition) is 2. The number of rotatable bonds is 2. The predicted molar refractivity (Wildman–Crippen MR) is 97.7 cm³/mol. The molecule has 1 aliphatic rings. The Labute approximate surface area is 150 Å². The molecule has 2 aromatic heterocycles. The molecule has 0 unspecified atom stereocenters. The van der Waals surface area contributed by atoms with Gasteiger partial charge in [0, 0.05) is 48.1 Å². The van der Waals surface area contributed by atoms with Gasteiger partial charge in [0.25, 0.3) is 0 Å². The van der Waals surface area contributed by atoms with E-state index in [0.717, 1.165) is 23.5 Å². The zero-order valence-electron chi connectivity index (χ0n) is 13.5. The van der Waals surface area contributed by atoms with Gasteiger partial charge in [-0.2, -0.15) is 0 Å². The van der Waals surface area contributed by atoms with Gasteiger partial charge in [-0.15, -0.1) is 0 Å². The van der Waals surface area contributed by atoms with Gasteiger partial charge < -0.3 is 14.8 Å². The molecule has 0 fully saturated rings. The number of carbonyl (C=O) groups excluding carboxylic acids is 1. The molecule has 5 nitrogen and oxygen atoms in total. The first-order valence-corrected chi connectivity index (χ1v) is 8.48. The molecule has 1 N–H and O–H groups in total. The molecule has 0 saturated heterocycles. The smallest absolute Gasteiger partial charge is 0.322 e. The number of hydrogen-bond donors (Lipinski definition) is 1. The lowest BCUT2D eigenvalue weighted by molar-refractivity contribution is 0.182. The van der Waals surface area contributed by atoms with Gasteiger partial charge >= 0.3 is 6.03 Å². The second kappa shape index (κ2) is 6.61. The molecule has 0 spiro atoms. The van der Waals surface area contributed by atoms with Crippen LogP contribution in [0.15, 0.2) is 67.1 Å². The lowest BCUT2D eigenvalue weighted by Gasteiger charge is -2.37. The van der Waals surface area contributed by atoms with Crippen molar-refractivity contribution in [1.82, 2.24) is 14.5 Å². The van der Waals surface area contributed by atoms with Crippen LogP contribution in [-0.2, 0) is 6.54 Å². The van der Waals surface area contributed by atoms with Crippen LogP contribution in [0.2, 0.25) is 5.02 Å². The van der Waals surface area contributed by atoms with E-state index < -0.39 is 0 Å². The van der Waals surface area contributed by atoms with Crippen molar-refractivity contribution in [3.05, 3.63) is 83.4 Å². The van der Waals surface area contributed by atoms with Crippen molar-refractivity contribution in [2.75, 3.05) is 11.9 Å². The Morgan fingerprint density at radius 2 is 1.84 bits per heavy atom. The summed E-state index contributed by atoms with van der Waals surface area (Å²) in [5.74, 6) is 0. The Kier molecular flexibility index (Phi) is 4.15. The van der Waals surface area contributed by atoms with E-state index in [-0.39, 0.29) is 12.1 Å². The van der Waals surface area contributed by atoms with Gasteiger partial charge in [0.05, 0.1) is 6.04 Å². The van der Waals surface area contributed by atoms with Crippen LogP contribution in [0.4, 0.5) is 10.5 Å². The van der Waals surface area contributed by atoms with E-state index in [1.165, 1.54) is 0 Å². The second-order valence-electron chi connectivity index (χ2n) is 5.94. The Hall–Kier alpha value is -2.79. The van der Waals surface area contributed by atoms with Crippen LogP contribution in [0.25, 0.3) is 0 Å². The van der Waals surface area contributed by atoms with Crippen molar-refractivity contribution < 1.29 is 4.79 Å². The molecule has 2 amide bonds. The Bertz CT molecular complexity index is 876. The van der Waals surface area contributed by atoms with Gasteiger partial charge in [0.2, 0.25) is 0 Å². The maximum absolute atomic E-state index is 12.9. The van der Waals surface area contributed by atoms with Gasteiger partial charge in [-0.05, 0) is 54.1 Å². The van der Waals surface area contributed by atoms with Gasteiger partial charge in [0.1, 0.15) is 0 Å². The molecule has 126 valence electrons. The van der Waals surface area contributed by atoms with Crippen molar-refractivity contribution >= 4 is 23.3 Å². The fourth-order valence-electron chi connectivity index (χ4n) is 3.23. The summed E-state index contributed by atoms with van der Waals surface area (Å²) in [6, 6.07) is 14.8. The third-order valence-corrected chi connectivity index (χ3v) is 4.67. The number of carbonyl (C=O) groups is 1. The molecule has 1 atom stereocenters. The summed E-state index contributed by atoms with van der Waals surface area (Å²) in [4.78, 5) is 18.9. The number of nitrogens with one attached hydrogen (secondary N) is 1. The number of amides is 2.